The molecule has 3 heterocycles. The van der Waals surface area contributed by atoms with Gasteiger partial charge >= 0.3 is 0 Å². The van der Waals surface area contributed by atoms with Gasteiger partial charge in [0.25, 0.3) is 0 Å². The van der Waals surface area contributed by atoms with Crippen molar-refractivity contribution in [3.8, 4) is 0 Å². The number of hydrogen-bond acceptors (Lipinski definition) is 7. The number of aliphatic hydroxyl groups is 2. The lowest BCUT2D eigenvalue weighted by molar-refractivity contribution is 0.0117. The van der Waals surface area contributed by atoms with E-state index in [1.54, 1.807) is 0 Å². The number of fused-ring (bicyclic) bond motifs is 1. The fraction of sp³-hybridized carbons (Fsp3) is 0.353. The van der Waals surface area contributed by atoms with E-state index in [9.17, 15) is 10.2 Å². The summed E-state index contributed by atoms with van der Waals surface area (Å²) >= 11 is 1.38. The highest BCUT2D eigenvalue weighted by atomic mass is 32.1. The van der Waals surface area contributed by atoms with E-state index in [-0.39, 0.29) is 6.61 Å². The molecule has 6 nitrogen and oxygen atoms in total. The summed E-state index contributed by atoms with van der Waals surface area (Å²) in [5.41, 5.74) is 0.910. The highest BCUT2D eigenvalue weighted by Gasteiger charge is 2.34. The smallest absolute Gasteiger partial charge is 0.159 e. The number of benzene rings is 1. The third-order valence-electron chi connectivity index (χ3n) is 4.56. The predicted molar refractivity (Wildman–Crippen MR) is 92.9 cm³/mol. The predicted octanol–water partition coefficient (Wildman–Crippen LogP) is 2.07. The molecule has 0 atom stereocenters. The van der Waals surface area contributed by atoms with Crippen LogP contribution in [0.5, 0.6) is 0 Å². The van der Waals surface area contributed by atoms with E-state index in [2.05, 4.69) is 19.9 Å². The van der Waals surface area contributed by atoms with Gasteiger partial charge in [0, 0.05) is 13.1 Å². The van der Waals surface area contributed by atoms with Crippen molar-refractivity contribution < 1.29 is 10.2 Å². The van der Waals surface area contributed by atoms with E-state index in [0.717, 1.165) is 21.7 Å². The van der Waals surface area contributed by atoms with Crippen LogP contribution in [0.2, 0.25) is 0 Å². The molecule has 2 N–H and O–H groups in total. The Morgan fingerprint density at radius 2 is 1.88 bits per heavy atom. The first kappa shape index (κ1) is 15.4. The molecule has 24 heavy (non-hydrogen) atoms. The van der Waals surface area contributed by atoms with Crippen LogP contribution in [0.3, 0.4) is 0 Å². The standard InChI is InChI=1S/C17H18N4O2S/c22-10-13-20-14-15(18-11-19-16(14)24-13)21-8-6-17(23,7-9-21)12-4-2-1-3-5-12/h1-5,11,22-23H,6-10H2. The first-order chi connectivity index (χ1) is 11.7. The molecule has 1 aliphatic rings. The van der Waals surface area contributed by atoms with E-state index < -0.39 is 5.60 Å². The Kier molecular flexibility index (Phi) is 3.91. The lowest BCUT2D eigenvalue weighted by Gasteiger charge is -2.39. The number of hydrogen-bond donors (Lipinski definition) is 2. The molecule has 0 radical (unpaired) electrons. The summed E-state index contributed by atoms with van der Waals surface area (Å²) in [5.74, 6) is 0.783. The minimum atomic E-state index is -0.789. The topological polar surface area (TPSA) is 82.4 Å². The summed E-state index contributed by atoms with van der Waals surface area (Å²) < 4.78 is 0. The summed E-state index contributed by atoms with van der Waals surface area (Å²) in [6, 6.07) is 9.83. The van der Waals surface area contributed by atoms with Crippen LogP contribution in [-0.4, -0.2) is 38.3 Å². The summed E-state index contributed by atoms with van der Waals surface area (Å²) in [4.78, 5) is 16.0. The molecule has 0 unspecified atom stereocenters. The van der Waals surface area contributed by atoms with Crippen molar-refractivity contribution >= 4 is 27.5 Å². The van der Waals surface area contributed by atoms with E-state index in [0.29, 0.717) is 30.9 Å². The van der Waals surface area contributed by atoms with Gasteiger partial charge in [-0.05, 0) is 18.4 Å². The van der Waals surface area contributed by atoms with Crippen LogP contribution in [0.1, 0.15) is 23.4 Å². The van der Waals surface area contributed by atoms with Gasteiger partial charge in [0.2, 0.25) is 0 Å². The van der Waals surface area contributed by atoms with Gasteiger partial charge in [-0.3, -0.25) is 0 Å². The minimum absolute atomic E-state index is 0.0891. The van der Waals surface area contributed by atoms with Gasteiger partial charge < -0.3 is 15.1 Å². The molecule has 1 aromatic carbocycles. The van der Waals surface area contributed by atoms with Crippen LogP contribution in [-0.2, 0) is 12.2 Å². The maximum Gasteiger partial charge on any atom is 0.159 e. The van der Waals surface area contributed by atoms with Gasteiger partial charge in [0.15, 0.2) is 5.82 Å². The third-order valence-corrected chi connectivity index (χ3v) is 5.51. The highest BCUT2D eigenvalue weighted by molar-refractivity contribution is 7.18. The van der Waals surface area contributed by atoms with E-state index in [1.165, 1.54) is 17.7 Å². The number of nitrogens with zero attached hydrogens (tertiary/aromatic N) is 4. The fourth-order valence-corrected chi connectivity index (χ4v) is 3.97. The van der Waals surface area contributed by atoms with Crippen molar-refractivity contribution in [1.29, 1.82) is 0 Å². The Bertz CT molecular complexity index is 844. The summed E-state index contributed by atoms with van der Waals surface area (Å²) in [5, 5.41) is 20.9. The lowest BCUT2D eigenvalue weighted by atomic mass is 9.84. The molecule has 0 aliphatic carbocycles. The Morgan fingerprint density at radius 1 is 1.12 bits per heavy atom. The number of piperidine rings is 1. The molecule has 0 spiro atoms. The van der Waals surface area contributed by atoms with E-state index >= 15 is 0 Å². The zero-order valence-corrected chi connectivity index (χ0v) is 13.9. The quantitative estimate of drug-likeness (QED) is 0.758. The number of aliphatic hydroxyl groups excluding tert-OH is 1. The normalized spacial score (nSPS) is 17.3. The molecule has 0 saturated carbocycles. The molecule has 2 aromatic heterocycles. The largest absolute Gasteiger partial charge is 0.389 e. The summed E-state index contributed by atoms with van der Waals surface area (Å²) in [6.07, 6.45) is 2.81. The Hall–Kier alpha value is -2.09. The summed E-state index contributed by atoms with van der Waals surface area (Å²) in [7, 11) is 0. The number of rotatable bonds is 3. The first-order valence-corrected chi connectivity index (χ1v) is 8.75. The second kappa shape index (κ2) is 6.08. The zero-order chi connectivity index (χ0) is 16.6. The average Bonchev–Trinajstić information content (AvgIpc) is 3.07. The number of aromatic nitrogens is 3. The zero-order valence-electron chi connectivity index (χ0n) is 13.1. The molecule has 3 aromatic rings. The SMILES string of the molecule is OCc1nc2c(N3CCC(O)(c4ccccc4)CC3)ncnc2s1. The Labute approximate surface area is 143 Å². The van der Waals surface area contributed by atoms with Gasteiger partial charge in [-0.25, -0.2) is 15.0 Å². The molecule has 0 bridgehead atoms. The monoisotopic (exact) mass is 342 g/mol. The van der Waals surface area contributed by atoms with Crippen LogP contribution < -0.4 is 4.90 Å². The lowest BCUT2D eigenvalue weighted by Crippen LogP contribution is -2.43. The minimum Gasteiger partial charge on any atom is -0.389 e. The Morgan fingerprint density at radius 3 is 2.58 bits per heavy atom. The van der Waals surface area contributed by atoms with Crippen molar-refractivity contribution in [3.05, 3.63) is 47.2 Å². The van der Waals surface area contributed by atoms with E-state index in [1.807, 2.05) is 30.3 Å². The van der Waals surface area contributed by atoms with Gasteiger partial charge in [-0.1, -0.05) is 41.7 Å². The average molecular weight is 342 g/mol. The van der Waals surface area contributed by atoms with Gasteiger partial charge in [0.1, 0.15) is 21.7 Å². The van der Waals surface area contributed by atoms with Crippen LogP contribution in [0.25, 0.3) is 10.3 Å². The van der Waals surface area contributed by atoms with Crippen molar-refractivity contribution in [2.24, 2.45) is 0 Å². The molecular weight excluding hydrogens is 324 g/mol. The second-order valence-corrected chi connectivity index (χ2v) is 7.06. The molecule has 1 saturated heterocycles. The molecule has 1 fully saturated rings. The van der Waals surface area contributed by atoms with Crippen LogP contribution in [0.4, 0.5) is 5.82 Å². The Balaban J connectivity index is 1.59. The molecule has 1 aliphatic heterocycles. The van der Waals surface area contributed by atoms with Gasteiger partial charge in [-0.15, -0.1) is 0 Å². The fourth-order valence-electron chi connectivity index (χ4n) is 3.21. The molecule has 7 heteroatoms. The third kappa shape index (κ3) is 2.64. The maximum atomic E-state index is 11.0. The second-order valence-electron chi connectivity index (χ2n) is 6.00. The number of thiazole rings is 1. The summed E-state index contributed by atoms with van der Waals surface area (Å²) in [6.45, 7) is 1.31. The molecule has 0 amide bonds. The van der Waals surface area contributed by atoms with Crippen molar-refractivity contribution in [3.63, 3.8) is 0 Å². The van der Waals surface area contributed by atoms with Crippen LogP contribution in [0.15, 0.2) is 36.7 Å². The van der Waals surface area contributed by atoms with Crippen LogP contribution in [0, 0.1) is 0 Å². The van der Waals surface area contributed by atoms with Crippen molar-refractivity contribution in [2.75, 3.05) is 18.0 Å². The maximum absolute atomic E-state index is 11.0. The highest BCUT2D eigenvalue weighted by Crippen LogP contribution is 2.35. The van der Waals surface area contributed by atoms with Gasteiger partial charge in [-0.2, -0.15) is 0 Å². The molecule has 4 rings (SSSR count). The van der Waals surface area contributed by atoms with Gasteiger partial charge in [0.05, 0.1) is 12.2 Å². The van der Waals surface area contributed by atoms with Crippen molar-refractivity contribution in [1.82, 2.24) is 15.0 Å². The van der Waals surface area contributed by atoms with E-state index in [4.69, 9.17) is 0 Å². The van der Waals surface area contributed by atoms with Crippen molar-refractivity contribution in [2.45, 2.75) is 25.0 Å². The molecule has 124 valence electrons. The molecular formula is C17H18N4O2S. The number of anilines is 1. The first-order valence-electron chi connectivity index (χ1n) is 7.94. The van der Waals surface area contributed by atoms with Crippen LogP contribution >= 0.6 is 11.3 Å².